The van der Waals surface area contributed by atoms with Gasteiger partial charge in [-0.1, -0.05) is 158 Å². The fraction of sp³-hybridized carbons (Fsp3) is 0. The van der Waals surface area contributed by atoms with Crippen molar-refractivity contribution >= 4 is 60.5 Å². The van der Waals surface area contributed by atoms with Gasteiger partial charge in [0.1, 0.15) is 5.52 Å². The van der Waals surface area contributed by atoms with E-state index in [1.807, 2.05) is 30.3 Å². The lowest BCUT2D eigenvalue weighted by Gasteiger charge is -2.26. The Balaban J connectivity index is 0.986. The quantitative estimate of drug-likeness (QED) is 0.152. The lowest BCUT2D eigenvalue weighted by molar-refractivity contribution is 0.623. The van der Waals surface area contributed by atoms with Gasteiger partial charge in [0.15, 0.2) is 5.58 Å². The third kappa shape index (κ3) is 5.98. The van der Waals surface area contributed by atoms with Crippen LogP contribution >= 0.6 is 0 Å². The Labute approximate surface area is 336 Å². The van der Waals surface area contributed by atoms with Gasteiger partial charge in [-0.05, 0) is 116 Å². The highest BCUT2D eigenvalue weighted by atomic mass is 16.3. The third-order valence-corrected chi connectivity index (χ3v) is 11.3. The average molecular weight is 741 g/mol. The Morgan fingerprint density at radius 2 is 0.759 bits per heavy atom. The van der Waals surface area contributed by atoms with Gasteiger partial charge in [-0.2, -0.15) is 0 Å². The first-order valence-electron chi connectivity index (χ1n) is 19.7. The van der Waals surface area contributed by atoms with E-state index >= 15 is 0 Å². The number of hydrogen-bond acceptors (Lipinski definition) is 3. The molecule has 0 bridgehead atoms. The summed E-state index contributed by atoms with van der Waals surface area (Å²) in [7, 11) is 0. The van der Waals surface area contributed by atoms with Gasteiger partial charge in [-0.25, -0.2) is 4.98 Å². The Bertz CT molecular complexity index is 3240. The summed E-state index contributed by atoms with van der Waals surface area (Å²) in [6, 6.07) is 77.7. The molecule has 272 valence electrons. The van der Waals surface area contributed by atoms with Crippen LogP contribution in [0.1, 0.15) is 0 Å². The molecule has 0 saturated heterocycles. The summed E-state index contributed by atoms with van der Waals surface area (Å²) in [6.45, 7) is 0. The van der Waals surface area contributed by atoms with E-state index < -0.39 is 0 Å². The fourth-order valence-corrected chi connectivity index (χ4v) is 8.32. The second-order valence-electron chi connectivity index (χ2n) is 14.8. The second-order valence-corrected chi connectivity index (χ2v) is 14.8. The number of oxazole rings is 1. The van der Waals surface area contributed by atoms with Crippen molar-refractivity contribution in [3.63, 3.8) is 0 Å². The molecule has 11 rings (SSSR count). The van der Waals surface area contributed by atoms with Crippen LogP contribution in [0.3, 0.4) is 0 Å². The standard InChI is InChI=1S/C55H36N2O/c1-3-11-37(12-4-1)39-21-28-46(29-22-39)57(47-30-23-40(24-31-47)44-20-19-38-13-7-8-16-43(38)35-44)48-32-25-41(26-33-48)45-27-34-50-49-17-9-10-18-51(49)54-53(52(50)36-45)56-55(58-54)42-14-5-2-6-15-42/h1-36H. The van der Waals surface area contributed by atoms with E-state index in [0.29, 0.717) is 5.89 Å². The molecular weight excluding hydrogens is 705 g/mol. The average Bonchev–Trinajstić information content (AvgIpc) is 3.77. The molecule has 0 aliphatic heterocycles. The molecule has 3 nitrogen and oxygen atoms in total. The molecule has 0 N–H and O–H groups in total. The van der Waals surface area contributed by atoms with E-state index in [1.54, 1.807) is 0 Å². The third-order valence-electron chi connectivity index (χ3n) is 11.3. The summed E-state index contributed by atoms with van der Waals surface area (Å²) < 4.78 is 6.51. The van der Waals surface area contributed by atoms with Crippen molar-refractivity contribution in [1.29, 1.82) is 0 Å². The van der Waals surface area contributed by atoms with Crippen molar-refractivity contribution in [2.45, 2.75) is 0 Å². The van der Waals surface area contributed by atoms with Crippen molar-refractivity contribution in [3.05, 3.63) is 218 Å². The highest BCUT2D eigenvalue weighted by Gasteiger charge is 2.18. The van der Waals surface area contributed by atoms with Gasteiger partial charge < -0.3 is 9.32 Å². The maximum atomic E-state index is 6.51. The minimum atomic E-state index is 0.630. The van der Waals surface area contributed by atoms with Crippen LogP contribution in [0.4, 0.5) is 17.1 Å². The van der Waals surface area contributed by atoms with Crippen LogP contribution in [0, 0.1) is 0 Å². The number of fused-ring (bicyclic) bond motifs is 7. The second kappa shape index (κ2) is 14.1. The van der Waals surface area contributed by atoms with Gasteiger partial charge in [-0.15, -0.1) is 0 Å². The number of aromatic nitrogens is 1. The predicted octanol–water partition coefficient (Wildman–Crippen LogP) is 15.4. The number of anilines is 3. The molecule has 0 saturated carbocycles. The van der Waals surface area contributed by atoms with E-state index in [0.717, 1.165) is 66.4 Å². The molecule has 3 heteroatoms. The molecule has 0 atom stereocenters. The molecule has 0 amide bonds. The summed E-state index contributed by atoms with van der Waals surface area (Å²) in [4.78, 5) is 7.42. The number of rotatable bonds is 7. The molecule has 1 aromatic heterocycles. The van der Waals surface area contributed by atoms with Gasteiger partial charge in [0.05, 0.1) is 0 Å². The smallest absolute Gasteiger partial charge is 0.227 e. The molecule has 1 heterocycles. The molecule has 0 unspecified atom stereocenters. The fourth-order valence-electron chi connectivity index (χ4n) is 8.32. The van der Waals surface area contributed by atoms with E-state index in [4.69, 9.17) is 9.40 Å². The zero-order chi connectivity index (χ0) is 38.4. The molecule has 0 aliphatic rings. The van der Waals surface area contributed by atoms with Crippen LogP contribution in [0.2, 0.25) is 0 Å². The van der Waals surface area contributed by atoms with Gasteiger partial charge in [0, 0.05) is 33.4 Å². The summed E-state index contributed by atoms with van der Waals surface area (Å²) in [6.07, 6.45) is 0. The van der Waals surface area contributed by atoms with Crippen molar-refractivity contribution in [1.82, 2.24) is 4.98 Å². The molecule has 0 radical (unpaired) electrons. The molecule has 58 heavy (non-hydrogen) atoms. The van der Waals surface area contributed by atoms with Gasteiger partial charge >= 0.3 is 0 Å². The Morgan fingerprint density at radius 3 is 1.40 bits per heavy atom. The zero-order valence-corrected chi connectivity index (χ0v) is 31.6. The first kappa shape index (κ1) is 33.6. The maximum Gasteiger partial charge on any atom is 0.227 e. The molecule has 10 aromatic carbocycles. The van der Waals surface area contributed by atoms with Crippen molar-refractivity contribution in [2.75, 3.05) is 4.90 Å². The molecule has 0 fully saturated rings. The maximum absolute atomic E-state index is 6.51. The summed E-state index contributed by atoms with van der Waals surface area (Å²) in [5, 5.41) is 6.95. The Hall–Kier alpha value is -7.75. The normalized spacial score (nSPS) is 11.4. The van der Waals surface area contributed by atoms with E-state index in [9.17, 15) is 0 Å². The number of benzene rings is 10. The first-order chi connectivity index (χ1) is 28.7. The summed E-state index contributed by atoms with van der Waals surface area (Å²) in [5.74, 6) is 0.630. The van der Waals surface area contributed by atoms with Crippen LogP contribution in [0.25, 0.3) is 88.3 Å². The molecular formula is C55H36N2O. The van der Waals surface area contributed by atoms with Crippen LogP contribution < -0.4 is 4.90 Å². The highest BCUT2D eigenvalue weighted by molar-refractivity contribution is 6.23. The number of nitrogens with zero attached hydrogens (tertiary/aromatic N) is 2. The SMILES string of the molecule is c1ccc(-c2ccc(N(c3ccc(-c4ccc5ccccc5c4)cc3)c3ccc(-c4ccc5c6ccccc6c6oc(-c7ccccc7)nc6c5c4)cc3)cc2)cc1. The number of hydrogen-bond donors (Lipinski definition) is 0. The predicted molar refractivity (Wildman–Crippen MR) is 243 cm³/mol. The molecule has 0 aliphatic carbocycles. The monoisotopic (exact) mass is 740 g/mol. The van der Waals surface area contributed by atoms with Crippen LogP contribution in [0.5, 0.6) is 0 Å². The van der Waals surface area contributed by atoms with E-state index in [1.165, 1.54) is 33.0 Å². The van der Waals surface area contributed by atoms with Crippen molar-refractivity contribution in [2.24, 2.45) is 0 Å². The van der Waals surface area contributed by atoms with Gasteiger partial charge in [0.2, 0.25) is 5.89 Å². The lowest BCUT2D eigenvalue weighted by Crippen LogP contribution is -2.09. The molecule has 0 spiro atoms. The van der Waals surface area contributed by atoms with Crippen molar-refractivity contribution < 1.29 is 4.42 Å². The largest absolute Gasteiger partial charge is 0.435 e. The highest BCUT2D eigenvalue weighted by Crippen LogP contribution is 2.41. The van der Waals surface area contributed by atoms with Gasteiger partial charge in [-0.3, -0.25) is 0 Å². The summed E-state index contributed by atoms with van der Waals surface area (Å²) >= 11 is 0. The minimum absolute atomic E-state index is 0.630. The van der Waals surface area contributed by atoms with Gasteiger partial charge in [0.25, 0.3) is 0 Å². The first-order valence-corrected chi connectivity index (χ1v) is 19.7. The summed E-state index contributed by atoms with van der Waals surface area (Å²) in [5.41, 5.74) is 12.9. The Kier molecular flexibility index (Phi) is 8.15. The molecule has 11 aromatic rings. The van der Waals surface area contributed by atoms with Crippen LogP contribution in [-0.2, 0) is 0 Å². The van der Waals surface area contributed by atoms with E-state index in [2.05, 4.69) is 193 Å². The van der Waals surface area contributed by atoms with Crippen LogP contribution in [0.15, 0.2) is 223 Å². The minimum Gasteiger partial charge on any atom is -0.435 e. The zero-order valence-electron chi connectivity index (χ0n) is 31.6. The van der Waals surface area contributed by atoms with E-state index in [-0.39, 0.29) is 0 Å². The lowest BCUT2D eigenvalue weighted by atomic mass is 9.96. The topological polar surface area (TPSA) is 29.3 Å². The van der Waals surface area contributed by atoms with Crippen LogP contribution in [-0.4, -0.2) is 4.98 Å². The Morgan fingerprint density at radius 1 is 0.310 bits per heavy atom. The van der Waals surface area contributed by atoms with Crippen molar-refractivity contribution in [3.8, 4) is 44.8 Å².